The number of phenols is 1. The van der Waals surface area contributed by atoms with Crippen LogP contribution in [0.5, 0.6) is 11.5 Å². The third kappa shape index (κ3) is 7.39. The average molecular weight is 678 g/mol. The number of quaternary nitrogens is 1. The van der Waals surface area contributed by atoms with Gasteiger partial charge in [0.2, 0.25) is 0 Å². The summed E-state index contributed by atoms with van der Waals surface area (Å²) in [6, 6.07) is 5.68. The summed E-state index contributed by atoms with van der Waals surface area (Å²) in [6.07, 6.45) is 20.8. The number of hydrogen-bond acceptors (Lipinski definition) is 9. The molecule has 0 amide bonds. The van der Waals surface area contributed by atoms with E-state index in [1.807, 2.05) is 27.8 Å². The number of carbonyl (C=O) groups is 2. The number of anilines is 1. The maximum Gasteiger partial charge on any atom is 0.163 e. The number of hydrogen-bond donors (Lipinski definition) is 4. The summed E-state index contributed by atoms with van der Waals surface area (Å²) in [5, 5.41) is 14.3. The molecule has 1 spiro atoms. The molecule has 2 saturated carbocycles. The van der Waals surface area contributed by atoms with Gasteiger partial charge in [-0.1, -0.05) is 53.9 Å². The number of fused-ring (bicyclic) bond motifs is 3. The first-order chi connectivity index (χ1) is 22.7. The van der Waals surface area contributed by atoms with E-state index in [0.717, 1.165) is 53.9 Å². The van der Waals surface area contributed by atoms with Gasteiger partial charge in [0.25, 0.3) is 0 Å². The first-order valence-electron chi connectivity index (χ1n) is 17.2. The maximum atomic E-state index is 12.9. The molecule has 2 bridgehead atoms. The molecular weight excluding hydrogens is 629 g/mol. The van der Waals surface area contributed by atoms with Gasteiger partial charge in [0.15, 0.2) is 24.0 Å². The number of ketones is 2. The van der Waals surface area contributed by atoms with Crippen molar-refractivity contribution in [2.45, 2.75) is 94.8 Å². The first-order valence-corrected chi connectivity index (χ1v) is 19.5. The lowest BCUT2D eigenvalue weighted by Crippen LogP contribution is -3.16. The Morgan fingerprint density at radius 2 is 1.96 bits per heavy atom. The van der Waals surface area contributed by atoms with E-state index in [0.29, 0.717) is 35.7 Å². The largest absolute Gasteiger partial charge is 0.504 e. The number of Topliss-reactive ketones (excluding diaryl/α,β-unsaturated/α-hetero) is 1. The second kappa shape index (κ2) is 14.7. The zero-order valence-electron chi connectivity index (χ0n) is 27.7. The Morgan fingerprint density at radius 1 is 1.13 bits per heavy atom. The van der Waals surface area contributed by atoms with Gasteiger partial charge in [-0.05, 0) is 84.4 Å². The Hall–Kier alpha value is -2.95. The highest BCUT2D eigenvalue weighted by molar-refractivity contribution is 8.76. The molecule has 2 fully saturated rings. The van der Waals surface area contributed by atoms with Crippen LogP contribution >= 0.6 is 21.6 Å². The second-order valence-electron chi connectivity index (χ2n) is 14.1. The number of methoxy groups -OCH3 is 1. The zero-order chi connectivity index (χ0) is 33.0. The normalized spacial score (nSPS) is 28.2. The van der Waals surface area contributed by atoms with Crippen molar-refractivity contribution in [1.82, 2.24) is 10.3 Å². The fraction of sp³-hybridized carbons (Fsp3) is 0.541. The topological polar surface area (TPSA) is 119 Å². The Balaban J connectivity index is 1.44. The van der Waals surface area contributed by atoms with Crippen molar-refractivity contribution in [3.05, 3.63) is 65.1 Å². The monoisotopic (exact) mass is 677 g/mol. The van der Waals surface area contributed by atoms with Gasteiger partial charge >= 0.3 is 0 Å². The minimum atomic E-state index is -0.221. The molecule has 4 atom stereocenters. The number of phenolic OH excluding ortho intramolecular Hbond substituents is 1. The molecule has 5 N–H and O–H groups in total. The lowest BCUT2D eigenvalue weighted by atomic mass is 9.79. The molecule has 6 rings (SSSR count). The number of nitrogens with two attached hydrogens (primary N) is 1. The molecule has 252 valence electrons. The molecule has 2 aromatic rings. The number of pyridine rings is 1. The van der Waals surface area contributed by atoms with Crippen molar-refractivity contribution in [2.75, 3.05) is 25.3 Å². The van der Waals surface area contributed by atoms with Crippen LogP contribution in [0.4, 0.5) is 5.82 Å². The molecule has 2 aliphatic heterocycles. The molecule has 3 heterocycles. The number of rotatable bonds is 4. The number of aromatic nitrogens is 1. The van der Waals surface area contributed by atoms with Crippen LogP contribution in [-0.4, -0.2) is 46.7 Å². The second-order valence-corrected chi connectivity index (χ2v) is 16.6. The van der Waals surface area contributed by atoms with Gasteiger partial charge in [-0.3, -0.25) is 14.5 Å². The summed E-state index contributed by atoms with van der Waals surface area (Å²) < 4.78 is 5.40. The Bertz CT molecular complexity index is 1540. The number of ether oxygens (including phenoxy) is 1. The molecule has 47 heavy (non-hydrogen) atoms. The van der Waals surface area contributed by atoms with Gasteiger partial charge in [-0.15, -0.1) is 0 Å². The van der Waals surface area contributed by atoms with E-state index in [1.54, 1.807) is 18.2 Å². The fourth-order valence-corrected chi connectivity index (χ4v) is 12.1. The van der Waals surface area contributed by atoms with Crippen molar-refractivity contribution >= 4 is 45.0 Å². The maximum absolute atomic E-state index is 12.9. The third-order valence-electron chi connectivity index (χ3n) is 11.1. The molecular formula is C37H49N4O4S2+. The Morgan fingerprint density at radius 3 is 2.70 bits per heavy atom. The number of nitrogens with zero attached hydrogens (tertiary/aromatic N) is 1. The van der Waals surface area contributed by atoms with Gasteiger partial charge in [0.05, 0.1) is 25.0 Å². The standard InChI is InChI=1S/C37H48N4O4S2/c1-3-25-6-8-29(42)20-30(43)9-7-27-19-33(45-2)32(44)18-28(27)16-26-17-31(35(38)40-21-26)34(47-46-22-25)37(41-15-14-39-24-41)13-12-36(23-37)10-4-5-11-36/h7,9,14-15,17-19,21,25,34,39,44H,3-6,8,10-13,16,20,22-24H2,1-2H3,(H2,38,40)/p+1. The number of aromatic hydroxyl groups is 1. The quantitative estimate of drug-likeness (QED) is 0.223. The van der Waals surface area contributed by atoms with Gasteiger partial charge in [0, 0.05) is 36.8 Å². The smallest absolute Gasteiger partial charge is 0.163 e. The molecule has 1 aromatic heterocycles. The molecule has 4 aliphatic rings. The van der Waals surface area contributed by atoms with Crippen molar-refractivity contribution < 1.29 is 24.3 Å². The van der Waals surface area contributed by atoms with E-state index in [2.05, 4.69) is 30.7 Å². The van der Waals surface area contributed by atoms with Crippen LogP contribution in [-0.2, 0) is 16.0 Å². The summed E-state index contributed by atoms with van der Waals surface area (Å²) in [5.74, 6) is 2.02. The van der Waals surface area contributed by atoms with Crippen LogP contribution < -0.4 is 20.7 Å². The number of allylic oxidation sites excluding steroid dienone is 1. The van der Waals surface area contributed by atoms with Crippen LogP contribution in [0.2, 0.25) is 0 Å². The molecule has 10 heteroatoms. The highest BCUT2D eigenvalue weighted by Crippen LogP contribution is 2.60. The number of benzene rings is 1. The lowest BCUT2D eigenvalue weighted by molar-refractivity contribution is -0.901. The summed E-state index contributed by atoms with van der Waals surface area (Å²) in [4.78, 5) is 32.0. The minimum absolute atomic E-state index is 0.0178. The van der Waals surface area contributed by atoms with E-state index < -0.39 is 0 Å². The predicted octanol–water partition coefficient (Wildman–Crippen LogP) is 6.15. The van der Waals surface area contributed by atoms with Crippen LogP contribution in [0.3, 0.4) is 0 Å². The minimum Gasteiger partial charge on any atom is -0.504 e. The fourth-order valence-electron chi connectivity index (χ4n) is 8.39. The van der Waals surface area contributed by atoms with Gasteiger partial charge in [-0.2, -0.15) is 0 Å². The molecule has 0 saturated heterocycles. The first kappa shape index (κ1) is 33.9. The number of nitrogens with one attached hydrogen (secondary N) is 2. The van der Waals surface area contributed by atoms with Crippen LogP contribution in [0.1, 0.15) is 105 Å². The van der Waals surface area contributed by atoms with Crippen LogP contribution in [0.25, 0.3) is 6.08 Å². The lowest BCUT2D eigenvalue weighted by Gasteiger charge is -2.41. The highest BCUT2D eigenvalue weighted by Gasteiger charge is 2.59. The van der Waals surface area contributed by atoms with Crippen LogP contribution in [0.15, 0.2) is 42.9 Å². The van der Waals surface area contributed by atoms with E-state index >= 15 is 0 Å². The number of nitrogen functional groups attached to an aromatic ring is 1. The average Bonchev–Trinajstić information content (AvgIpc) is 3.84. The molecule has 1 aromatic carbocycles. The summed E-state index contributed by atoms with van der Waals surface area (Å²) >= 11 is 0. The van der Waals surface area contributed by atoms with Crippen molar-refractivity contribution in [3.63, 3.8) is 0 Å². The van der Waals surface area contributed by atoms with E-state index in [-0.39, 0.29) is 34.5 Å². The summed E-state index contributed by atoms with van der Waals surface area (Å²) in [7, 11) is 5.36. The zero-order valence-corrected chi connectivity index (χ0v) is 29.3. The Kier molecular flexibility index (Phi) is 10.6. The van der Waals surface area contributed by atoms with Crippen molar-refractivity contribution in [2.24, 2.45) is 11.3 Å². The van der Waals surface area contributed by atoms with E-state index in [1.165, 1.54) is 56.6 Å². The van der Waals surface area contributed by atoms with Crippen molar-refractivity contribution in [3.8, 4) is 11.5 Å². The van der Waals surface area contributed by atoms with Gasteiger partial charge in [-0.25, -0.2) is 4.98 Å². The predicted molar refractivity (Wildman–Crippen MR) is 191 cm³/mol. The summed E-state index contributed by atoms with van der Waals surface area (Å²) in [6.45, 7) is 3.06. The van der Waals surface area contributed by atoms with Gasteiger partial charge < -0.3 is 20.9 Å². The highest BCUT2D eigenvalue weighted by atomic mass is 33.1. The van der Waals surface area contributed by atoms with Crippen LogP contribution in [0, 0.1) is 11.3 Å². The molecule has 0 radical (unpaired) electrons. The third-order valence-corrected chi connectivity index (χ3v) is 14.1. The molecule has 8 nitrogen and oxygen atoms in total. The number of carbonyl (C=O) groups excluding carboxylic acids is 2. The Labute approximate surface area is 286 Å². The SMILES string of the molecule is CCC1CCC(=O)CC(=O)C=Cc2cc(OC)c(O)cc2Cc2cnc(N)c(c2)C(C2([NH+]3C=CNC3)CCC3(CCCC3)C2)SSC1. The van der Waals surface area contributed by atoms with E-state index in [4.69, 9.17) is 15.5 Å². The summed E-state index contributed by atoms with van der Waals surface area (Å²) in [5.41, 5.74) is 10.8. The molecule has 4 unspecified atom stereocenters. The van der Waals surface area contributed by atoms with E-state index in [9.17, 15) is 14.7 Å². The molecule has 2 aliphatic carbocycles. The van der Waals surface area contributed by atoms with Crippen molar-refractivity contribution in [1.29, 1.82) is 0 Å². The van der Waals surface area contributed by atoms with Gasteiger partial charge in [0.1, 0.15) is 23.3 Å².